The Morgan fingerprint density at radius 1 is 0.882 bits per heavy atom. The normalized spacial score (nSPS) is 18.3. The summed E-state index contributed by atoms with van der Waals surface area (Å²) in [5.41, 5.74) is 0.459. The lowest BCUT2D eigenvalue weighted by molar-refractivity contribution is -0.142. The fraction of sp³-hybridized carbons (Fsp3) is 0.429. The molecule has 3 nitrogen and oxygen atoms in total. The van der Waals surface area contributed by atoms with Gasteiger partial charge in [0.1, 0.15) is 0 Å². The van der Waals surface area contributed by atoms with Crippen molar-refractivity contribution >= 4 is 11.8 Å². The highest BCUT2D eigenvalue weighted by Gasteiger charge is 2.41. The molecule has 0 aromatic rings. The van der Waals surface area contributed by atoms with Gasteiger partial charge < -0.3 is 0 Å². The number of carbonyl (C=O) groups is 2. The third-order valence-electron chi connectivity index (χ3n) is 2.49. The second kappa shape index (κ2) is 4.70. The first-order valence-corrected chi connectivity index (χ1v) is 5.73. The van der Waals surface area contributed by atoms with Gasteiger partial charge in [-0.05, 0) is 34.6 Å². The molecule has 2 amide bonds. The van der Waals surface area contributed by atoms with Crippen LogP contribution in [0.15, 0.2) is 35.5 Å². The molecule has 17 heavy (non-hydrogen) atoms. The number of carbonyl (C=O) groups excluding carboxylic acids is 2. The molecule has 0 saturated carbocycles. The topological polar surface area (TPSA) is 37.4 Å². The first-order valence-electron chi connectivity index (χ1n) is 5.73. The SMILES string of the molecule is C/C=C\C1=C(/C=C\C)C(=O)N(C(C)(C)C)C1=O. The molecular formula is C14H19NO2. The monoisotopic (exact) mass is 233 g/mol. The Kier molecular flexibility index (Phi) is 3.71. The second-order valence-corrected chi connectivity index (χ2v) is 4.94. The lowest BCUT2D eigenvalue weighted by Gasteiger charge is -2.30. The molecular weight excluding hydrogens is 214 g/mol. The van der Waals surface area contributed by atoms with Crippen LogP contribution in [0.25, 0.3) is 0 Å². The summed E-state index contributed by atoms with van der Waals surface area (Å²) in [6, 6.07) is 0. The van der Waals surface area contributed by atoms with Gasteiger partial charge in [0, 0.05) is 5.54 Å². The van der Waals surface area contributed by atoms with Gasteiger partial charge in [0.05, 0.1) is 11.1 Å². The number of hydrogen-bond acceptors (Lipinski definition) is 2. The molecule has 0 spiro atoms. The first kappa shape index (κ1) is 13.4. The van der Waals surface area contributed by atoms with Crippen LogP contribution in [0, 0.1) is 0 Å². The quantitative estimate of drug-likeness (QED) is 0.687. The highest BCUT2D eigenvalue weighted by atomic mass is 16.2. The molecule has 0 aliphatic carbocycles. The molecule has 1 heterocycles. The zero-order valence-corrected chi connectivity index (χ0v) is 11.1. The predicted octanol–water partition coefficient (Wildman–Crippen LogP) is 2.60. The maximum Gasteiger partial charge on any atom is 0.262 e. The highest BCUT2D eigenvalue weighted by Crippen LogP contribution is 2.29. The zero-order valence-electron chi connectivity index (χ0n) is 11.1. The van der Waals surface area contributed by atoms with Gasteiger partial charge in [-0.25, -0.2) is 0 Å². The molecule has 0 radical (unpaired) electrons. The largest absolute Gasteiger partial charge is 0.269 e. The molecule has 0 N–H and O–H groups in total. The van der Waals surface area contributed by atoms with E-state index in [-0.39, 0.29) is 11.8 Å². The fourth-order valence-corrected chi connectivity index (χ4v) is 1.83. The summed E-state index contributed by atoms with van der Waals surface area (Å²) in [6.07, 6.45) is 6.94. The van der Waals surface area contributed by atoms with Crippen molar-refractivity contribution in [2.24, 2.45) is 0 Å². The average Bonchev–Trinajstić information content (AvgIpc) is 2.42. The summed E-state index contributed by atoms with van der Waals surface area (Å²) >= 11 is 0. The van der Waals surface area contributed by atoms with E-state index in [2.05, 4.69) is 0 Å². The maximum absolute atomic E-state index is 12.2. The fourth-order valence-electron chi connectivity index (χ4n) is 1.83. The van der Waals surface area contributed by atoms with Crippen molar-refractivity contribution in [2.45, 2.75) is 40.2 Å². The highest BCUT2D eigenvalue weighted by molar-refractivity contribution is 6.22. The van der Waals surface area contributed by atoms with Crippen LogP contribution in [0.1, 0.15) is 34.6 Å². The van der Waals surface area contributed by atoms with Crippen molar-refractivity contribution < 1.29 is 9.59 Å². The van der Waals surface area contributed by atoms with Crippen LogP contribution in [0.5, 0.6) is 0 Å². The molecule has 3 heteroatoms. The van der Waals surface area contributed by atoms with E-state index in [9.17, 15) is 9.59 Å². The van der Waals surface area contributed by atoms with E-state index in [1.54, 1.807) is 24.3 Å². The zero-order chi connectivity index (χ0) is 13.2. The van der Waals surface area contributed by atoms with Crippen molar-refractivity contribution in [1.29, 1.82) is 0 Å². The standard InChI is InChI=1S/C14H19NO2/c1-6-8-10-11(9-7-2)13(17)15(12(10)16)14(3,4)5/h6-9H,1-5H3/b8-6-,9-7-. The number of amides is 2. The molecule has 0 unspecified atom stereocenters. The van der Waals surface area contributed by atoms with Crippen molar-refractivity contribution in [3.8, 4) is 0 Å². The number of hydrogen-bond donors (Lipinski definition) is 0. The van der Waals surface area contributed by atoms with Gasteiger partial charge >= 0.3 is 0 Å². The van der Waals surface area contributed by atoms with Crippen LogP contribution in [-0.4, -0.2) is 22.3 Å². The summed E-state index contributed by atoms with van der Waals surface area (Å²) < 4.78 is 0. The third-order valence-corrected chi connectivity index (χ3v) is 2.49. The first-order chi connectivity index (χ1) is 7.84. The molecule has 0 saturated heterocycles. The molecule has 1 aliphatic heterocycles. The van der Waals surface area contributed by atoms with Crippen LogP contribution < -0.4 is 0 Å². The van der Waals surface area contributed by atoms with Gasteiger partial charge in [0.15, 0.2) is 0 Å². The van der Waals surface area contributed by atoms with E-state index in [1.807, 2.05) is 34.6 Å². The Morgan fingerprint density at radius 2 is 1.24 bits per heavy atom. The van der Waals surface area contributed by atoms with Gasteiger partial charge in [0.25, 0.3) is 11.8 Å². The Labute approximate surface area is 102 Å². The van der Waals surface area contributed by atoms with Crippen LogP contribution in [0.4, 0.5) is 0 Å². The minimum atomic E-state index is -0.496. The van der Waals surface area contributed by atoms with Crippen LogP contribution in [0.2, 0.25) is 0 Å². The van der Waals surface area contributed by atoms with E-state index in [4.69, 9.17) is 0 Å². The van der Waals surface area contributed by atoms with Gasteiger partial charge in [-0.1, -0.05) is 24.3 Å². The van der Waals surface area contributed by atoms with Crippen molar-refractivity contribution in [1.82, 2.24) is 4.90 Å². The number of imide groups is 1. The van der Waals surface area contributed by atoms with Gasteiger partial charge in [-0.2, -0.15) is 0 Å². The lowest BCUT2D eigenvalue weighted by atomic mass is 10.1. The lowest BCUT2D eigenvalue weighted by Crippen LogP contribution is -2.46. The summed E-state index contributed by atoms with van der Waals surface area (Å²) in [4.78, 5) is 25.7. The van der Waals surface area contributed by atoms with Crippen molar-refractivity contribution in [3.63, 3.8) is 0 Å². The Balaban J connectivity index is 3.32. The molecule has 0 aromatic carbocycles. The van der Waals surface area contributed by atoms with Gasteiger partial charge in [0.2, 0.25) is 0 Å². The smallest absolute Gasteiger partial charge is 0.262 e. The van der Waals surface area contributed by atoms with E-state index < -0.39 is 5.54 Å². The van der Waals surface area contributed by atoms with E-state index in [0.29, 0.717) is 11.1 Å². The summed E-state index contributed by atoms with van der Waals surface area (Å²) in [7, 11) is 0. The van der Waals surface area contributed by atoms with Crippen LogP contribution in [-0.2, 0) is 9.59 Å². The van der Waals surface area contributed by atoms with Crippen molar-refractivity contribution in [2.75, 3.05) is 0 Å². The predicted molar refractivity (Wildman–Crippen MR) is 68.3 cm³/mol. The maximum atomic E-state index is 12.2. The third kappa shape index (κ3) is 2.38. The number of nitrogens with zero attached hydrogens (tertiary/aromatic N) is 1. The van der Waals surface area contributed by atoms with Gasteiger partial charge in [-0.3, -0.25) is 14.5 Å². The minimum Gasteiger partial charge on any atom is -0.269 e. The summed E-state index contributed by atoms with van der Waals surface area (Å²) in [5.74, 6) is -0.428. The molecule has 0 bridgehead atoms. The van der Waals surface area contributed by atoms with E-state index in [0.717, 1.165) is 0 Å². The number of allylic oxidation sites excluding steroid dienone is 2. The molecule has 92 valence electrons. The average molecular weight is 233 g/mol. The molecule has 0 atom stereocenters. The van der Waals surface area contributed by atoms with Crippen molar-refractivity contribution in [3.05, 3.63) is 35.5 Å². The van der Waals surface area contributed by atoms with E-state index >= 15 is 0 Å². The molecule has 1 aliphatic rings. The molecule has 0 aromatic heterocycles. The Hall–Kier alpha value is -1.64. The summed E-state index contributed by atoms with van der Waals surface area (Å²) in [6.45, 7) is 9.23. The molecule has 0 fully saturated rings. The number of rotatable bonds is 2. The van der Waals surface area contributed by atoms with Gasteiger partial charge in [-0.15, -0.1) is 0 Å². The van der Waals surface area contributed by atoms with E-state index in [1.165, 1.54) is 4.90 Å². The molecule has 1 rings (SSSR count). The van der Waals surface area contributed by atoms with Crippen LogP contribution in [0.3, 0.4) is 0 Å². The second-order valence-electron chi connectivity index (χ2n) is 4.94. The van der Waals surface area contributed by atoms with Crippen LogP contribution >= 0.6 is 0 Å². The Morgan fingerprint density at radius 3 is 1.47 bits per heavy atom. The minimum absolute atomic E-state index is 0.214. The Bertz CT molecular complexity index is 400. The summed E-state index contributed by atoms with van der Waals surface area (Å²) in [5, 5.41) is 0.